The van der Waals surface area contributed by atoms with Crippen LogP contribution in [-0.4, -0.2) is 19.0 Å². The van der Waals surface area contributed by atoms with Crippen molar-refractivity contribution in [3.05, 3.63) is 64.7 Å². The number of anilines is 1. The molecule has 19 heavy (non-hydrogen) atoms. The van der Waals surface area contributed by atoms with Crippen LogP contribution in [0.15, 0.2) is 48.5 Å². The largest absolute Gasteiger partial charge is 0.381 e. The molecule has 0 fully saturated rings. The Hall–Kier alpha value is -1.51. The lowest BCUT2D eigenvalue weighted by atomic mass is 10.1. The summed E-state index contributed by atoms with van der Waals surface area (Å²) >= 11 is 5.87. The van der Waals surface area contributed by atoms with E-state index in [4.69, 9.17) is 11.6 Å². The van der Waals surface area contributed by atoms with Crippen molar-refractivity contribution < 1.29 is 0 Å². The van der Waals surface area contributed by atoms with Gasteiger partial charge >= 0.3 is 0 Å². The van der Waals surface area contributed by atoms with Gasteiger partial charge in [0.2, 0.25) is 0 Å². The molecule has 100 valence electrons. The molecule has 0 saturated heterocycles. The third-order valence-electron chi connectivity index (χ3n) is 2.84. The summed E-state index contributed by atoms with van der Waals surface area (Å²) < 4.78 is 0. The minimum absolute atomic E-state index is 0.775. The van der Waals surface area contributed by atoms with E-state index in [1.165, 1.54) is 11.1 Å². The lowest BCUT2D eigenvalue weighted by Crippen LogP contribution is -2.10. The highest BCUT2D eigenvalue weighted by molar-refractivity contribution is 6.30. The van der Waals surface area contributed by atoms with Gasteiger partial charge in [0.05, 0.1) is 0 Å². The van der Waals surface area contributed by atoms with Gasteiger partial charge in [-0.2, -0.15) is 0 Å². The van der Waals surface area contributed by atoms with Crippen LogP contribution in [0.4, 0.5) is 5.69 Å². The second-order valence-electron chi connectivity index (χ2n) is 4.92. The molecule has 2 nitrogen and oxygen atoms in total. The normalized spacial score (nSPS) is 10.7. The SMILES string of the molecule is CN(C)Cc1cccc(NCc2ccc(Cl)cc2)c1. The number of hydrogen-bond donors (Lipinski definition) is 1. The smallest absolute Gasteiger partial charge is 0.0406 e. The Morgan fingerprint density at radius 3 is 2.42 bits per heavy atom. The molecule has 0 radical (unpaired) electrons. The fourth-order valence-electron chi connectivity index (χ4n) is 1.95. The molecule has 0 aliphatic carbocycles. The summed E-state index contributed by atoms with van der Waals surface area (Å²) in [6, 6.07) is 16.4. The van der Waals surface area contributed by atoms with Gasteiger partial charge < -0.3 is 10.2 Å². The summed E-state index contributed by atoms with van der Waals surface area (Å²) in [7, 11) is 4.15. The van der Waals surface area contributed by atoms with Crippen molar-refractivity contribution >= 4 is 17.3 Å². The zero-order valence-electron chi connectivity index (χ0n) is 11.4. The summed E-state index contributed by atoms with van der Waals surface area (Å²) in [5.41, 5.74) is 3.68. The molecular formula is C16H19ClN2. The Kier molecular flexibility index (Phi) is 4.83. The lowest BCUT2D eigenvalue weighted by Gasteiger charge is -2.12. The molecule has 0 aliphatic rings. The molecule has 0 heterocycles. The van der Waals surface area contributed by atoms with E-state index in [0.717, 1.165) is 23.8 Å². The fraction of sp³-hybridized carbons (Fsp3) is 0.250. The van der Waals surface area contributed by atoms with Gasteiger partial charge in [0, 0.05) is 23.8 Å². The standard InChI is InChI=1S/C16H19ClN2/c1-19(2)12-14-4-3-5-16(10-14)18-11-13-6-8-15(17)9-7-13/h3-10,18H,11-12H2,1-2H3. The summed E-state index contributed by atoms with van der Waals surface area (Å²) in [4.78, 5) is 2.16. The second kappa shape index (κ2) is 6.60. The predicted octanol–water partition coefficient (Wildman–Crippen LogP) is 4.01. The maximum absolute atomic E-state index is 5.87. The molecular weight excluding hydrogens is 256 g/mol. The van der Waals surface area contributed by atoms with E-state index < -0.39 is 0 Å². The van der Waals surface area contributed by atoms with E-state index in [-0.39, 0.29) is 0 Å². The van der Waals surface area contributed by atoms with Gasteiger partial charge in [0.1, 0.15) is 0 Å². The van der Waals surface area contributed by atoms with Gasteiger partial charge in [-0.25, -0.2) is 0 Å². The van der Waals surface area contributed by atoms with E-state index in [9.17, 15) is 0 Å². The summed E-state index contributed by atoms with van der Waals surface area (Å²) in [5.74, 6) is 0. The average molecular weight is 275 g/mol. The first-order valence-corrected chi connectivity index (χ1v) is 6.73. The van der Waals surface area contributed by atoms with E-state index in [1.807, 2.05) is 24.3 Å². The average Bonchev–Trinajstić information content (AvgIpc) is 2.38. The highest BCUT2D eigenvalue weighted by atomic mass is 35.5. The molecule has 0 atom stereocenters. The van der Waals surface area contributed by atoms with Gasteiger partial charge in [-0.1, -0.05) is 35.9 Å². The van der Waals surface area contributed by atoms with Crippen LogP contribution < -0.4 is 5.32 Å². The number of nitrogens with zero attached hydrogens (tertiary/aromatic N) is 1. The van der Waals surface area contributed by atoms with Crippen LogP contribution in [0, 0.1) is 0 Å². The van der Waals surface area contributed by atoms with Gasteiger partial charge in [0.15, 0.2) is 0 Å². The molecule has 2 aromatic carbocycles. The van der Waals surface area contributed by atoms with Crippen LogP contribution in [0.2, 0.25) is 5.02 Å². The van der Waals surface area contributed by atoms with Crippen molar-refractivity contribution in [3.8, 4) is 0 Å². The monoisotopic (exact) mass is 274 g/mol. The Labute approximate surface area is 120 Å². The minimum Gasteiger partial charge on any atom is -0.381 e. The van der Waals surface area contributed by atoms with Crippen LogP contribution in [0.3, 0.4) is 0 Å². The number of hydrogen-bond acceptors (Lipinski definition) is 2. The van der Waals surface area contributed by atoms with Crippen molar-refractivity contribution in [2.75, 3.05) is 19.4 Å². The van der Waals surface area contributed by atoms with Crippen molar-refractivity contribution in [2.45, 2.75) is 13.1 Å². The Bertz CT molecular complexity index is 521. The van der Waals surface area contributed by atoms with Crippen molar-refractivity contribution in [3.63, 3.8) is 0 Å². The van der Waals surface area contributed by atoms with Gasteiger partial charge in [-0.3, -0.25) is 0 Å². The summed E-state index contributed by atoms with van der Waals surface area (Å²) in [5, 5.41) is 4.21. The van der Waals surface area contributed by atoms with Crippen LogP contribution in [0.25, 0.3) is 0 Å². The quantitative estimate of drug-likeness (QED) is 0.886. The first-order valence-electron chi connectivity index (χ1n) is 6.35. The molecule has 0 amide bonds. The molecule has 0 saturated carbocycles. The molecule has 0 aromatic heterocycles. The fourth-order valence-corrected chi connectivity index (χ4v) is 2.08. The molecule has 1 N–H and O–H groups in total. The third kappa shape index (κ3) is 4.58. The topological polar surface area (TPSA) is 15.3 Å². The Morgan fingerprint density at radius 1 is 1.00 bits per heavy atom. The molecule has 2 rings (SSSR count). The zero-order chi connectivity index (χ0) is 13.7. The van der Waals surface area contributed by atoms with Crippen molar-refractivity contribution in [1.82, 2.24) is 4.90 Å². The van der Waals surface area contributed by atoms with E-state index in [2.05, 4.69) is 48.6 Å². The number of rotatable bonds is 5. The minimum atomic E-state index is 0.775. The Balaban J connectivity index is 1.97. The first-order chi connectivity index (χ1) is 9.13. The van der Waals surface area contributed by atoms with Crippen LogP contribution in [0.5, 0.6) is 0 Å². The summed E-state index contributed by atoms with van der Waals surface area (Å²) in [6.07, 6.45) is 0. The van der Waals surface area contributed by atoms with Gasteiger partial charge in [-0.05, 0) is 49.5 Å². The van der Waals surface area contributed by atoms with Crippen molar-refractivity contribution in [2.24, 2.45) is 0 Å². The van der Waals surface area contributed by atoms with Crippen molar-refractivity contribution in [1.29, 1.82) is 0 Å². The first kappa shape index (κ1) is 13.9. The highest BCUT2D eigenvalue weighted by Crippen LogP contribution is 2.14. The highest BCUT2D eigenvalue weighted by Gasteiger charge is 1.98. The molecule has 2 aromatic rings. The molecule has 0 unspecified atom stereocenters. The lowest BCUT2D eigenvalue weighted by molar-refractivity contribution is 0.402. The molecule has 0 aliphatic heterocycles. The van der Waals surface area contributed by atoms with E-state index in [1.54, 1.807) is 0 Å². The number of benzene rings is 2. The van der Waals surface area contributed by atoms with Crippen LogP contribution in [0.1, 0.15) is 11.1 Å². The molecule has 0 spiro atoms. The van der Waals surface area contributed by atoms with Gasteiger partial charge in [-0.15, -0.1) is 0 Å². The maximum atomic E-state index is 5.87. The predicted molar refractivity (Wildman–Crippen MR) is 82.6 cm³/mol. The third-order valence-corrected chi connectivity index (χ3v) is 3.09. The second-order valence-corrected chi connectivity index (χ2v) is 5.35. The number of halogens is 1. The van der Waals surface area contributed by atoms with E-state index >= 15 is 0 Å². The van der Waals surface area contributed by atoms with Crippen LogP contribution >= 0.6 is 11.6 Å². The maximum Gasteiger partial charge on any atom is 0.0406 e. The summed E-state index contributed by atoms with van der Waals surface area (Å²) in [6.45, 7) is 1.76. The Morgan fingerprint density at radius 2 is 1.74 bits per heavy atom. The van der Waals surface area contributed by atoms with E-state index in [0.29, 0.717) is 0 Å². The zero-order valence-corrected chi connectivity index (χ0v) is 12.1. The van der Waals surface area contributed by atoms with Crippen LogP contribution in [-0.2, 0) is 13.1 Å². The number of nitrogens with one attached hydrogen (secondary N) is 1. The van der Waals surface area contributed by atoms with Gasteiger partial charge in [0.25, 0.3) is 0 Å². The molecule has 0 bridgehead atoms. The molecule has 3 heteroatoms.